The molecular weight excluding hydrogens is 392 g/mol. The van der Waals surface area contributed by atoms with Gasteiger partial charge in [-0.3, -0.25) is 9.59 Å². The highest BCUT2D eigenvalue weighted by Gasteiger charge is 2.50. The third kappa shape index (κ3) is 4.30. The second-order valence-corrected chi connectivity index (χ2v) is 8.53. The molecule has 164 valence electrons. The second-order valence-electron chi connectivity index (χ2n) is 8.53. The summed E-state index contributed by atoms with van der Waals surface area (Å²) in [5, 5.41) is 14.2. The Hall–Kier alpha value is -2.86. The number of benzene rings is 2. The van der Waals surface area contributed by atoms with Gasteiger partial charge >= 0.3 is 0 Å². The van der Waals surface area contributed by atoms with Crippen LogP contribution in [0.25, 0.3) is 0 Å². The van der Waals surface area contributed by atoms with Crippen molar-refractivity contribution in [2.75, 3.05) is 20.2 Å². The van der Waals surface area contributed by atoms with Crippen molar-refractivity contribution in [3.8, 4) is 5.75 Å². The van der Waals surface area contributed by atoms with E-state index in [1.807, 2.05) is 35.2 Å². The number of carbonyl (C=O) groups is 2. The Morgan fingerprint density at radius 1 is 1.10 bits per heavy atom. The topological polar surface area (TPSA) is 78.9 Å². The van der Waals surface area contributed by atoms with Crippen LogP contribution in [0.4, 0.5) is 0 Å². The molecule has 31 heavy (non-hydrogen) atoms. The van der Waals surface area contributed by atoms with Crippen molar-refractivity contribution in [2.45, 2.75) is 43.7 Å². The monoisotopic (exact) mass is 422 g/mol. The summed E-state index contributed by atoms with van der Waals surface area (Å²) in [5.74, 6) is 0.246. The number of aliphatic hydroxyl groups is 1. The second kappa shape index (κ2) is 9.10. The van der Waals surface area contributed by atoms with Crippen LogP contribution in [0.3, 0.4) is 0 Å². The van der Waals surface area contributed by atoms with Gasteiger partial charge in [0.25, 0.3) is 5.91 Å². The van der Waals surface area contributed by atoms with E-state index in [1.54, 1.807) is 31.4 Å². The molecule has 0 aromatic heterocycles. The van der Waals surface area contributed by atoms with Gasteiger partial charge in [0.05, 0.1) is 25.3 Å². The Morgan fingerprint density at radius 2 is 1.84 bits per heavy atom. The van der Waals surface area contributed by atoms with Gasteiger partial charge in [-0.25, -0.2) is 0 Å². The molecule has 2 fully saturated rings. The summed E-state index contributed by atoms with van der Waals surface area (Å²) in [6, 6.07) is 16.3. The van der Waals surface area contributed by atoms with E-state index < -0.39 is 5.60 Å². The van der Waals surface area contributed by atoms with Crippen LogP contribution in [-0.4, -0.2) is 47.6 Å². The molecule has 0 bridgehead atoms. The molecule has 2 N–H and O–H groups in total. The van der Waals surface area contributed by atoms with Crippen LogP contribution in [-0.2, 0) is 4.79 Å². The number of ether oxygens (including phenoxy) is 1. The van der Waals surface area contributed by atoms with Crippen LogP contribution in [0, 0.1) is 5.92 Å². The molecule has 1 heterocycles. The number of fused-ring (bicyclic) bond motifs is 1. The van der Waals surface area contributed by atoms with E-state index >= 15 is 0 Å². The molecule has 0 spiro atoms. The largest absolute Gasteiger partial charge is 0.496 e. The molecule has 2 aromatic rings. The quantitative estimate of drug-likeness (QED) is 0.775. The van der Waals surface area contributed by atoms with E-state index in [2.05, 4.69) is 5.32 Å². The van der Waals surface area contributed by atoms with Crippen molar-refractivity contribution < 1.29 is 19.4 Å². The van der Waals surface area contributed by atoms with Gasteiger partial charge in [0, 0.05) is 23.6 Å². The van der Waals surface area contributed by atoms with Gasteiger partial charge in [-0.05, 0) is 37.5 Å². The van der Waals surface area contributed by atoms with E-state index in [4.69, 9.17) is 4.74 Å². The number of carbonyl (C=O) groups excluding carboxylic acids is 2. The van der Waals surface area contributed by atoms with Crippen LogP contribution < -0.4 is 10.1 Å². The normalized spacial score (nSPS) is 25.4. The summed E-state index contributed by atoms with van der Waals surface area (Å²) in [6.45, 7) is 0.375. The summed E-state index contributed by atoms with van der Waals surface area (Å²) in [5.41, 5.74) is 0.669. The smallest absolute Gasteiger partial charge is 0.251 e. The fourth-order valence-electron chi connectivity index (χ4n) is 5.21. The average Bonchev–Trinajstić information content (AvgIpc) is 2.81. The number of hydrogen-bond donors (Lipinski definition) is 2. The van der Waals surface area contributed by atoms with Crippen molar-refractivity contribution in [3.63, 3.8) is 0 Å². The maximum Gasteiger partial charge on any atom is 0.251 e. The Bertz CT molecular complexity index is 932. The molecule has 6 heteroatoms. The van der Waals surface area contributed by atoms with Crippen LogP contribution >= 0.6 is 0 Å². The zero-order valence-corrected chi connectivity index (χ0v) is 17.9. The Morgan fingerprint density at radius 3 is 2.61 bits per heavy atom. The third-order valence-electron chi connectivity index (χ3n) is 6.78. The minimum absolute atomic E-state index is 0.0555. The zero-order valence-electron chi connectivity index (χ0n) is 17.9. The van der Waals surface area contributed by atoms with E-state index in [0.717, 1.165) is 31.2 Å². The van der Waals surface area contributed by atoms with E-state index in [0.29, 0.717) is 24.3 Å². The first-order chi connectivity index (χ1) is 15.0. The fraction of sp³-hybridized carbons (Fsp3) is 0.440. The van der Waals surface area contributed by atoms with Crippen molar-refractivity contribution in [2.24, 2.45) is 5.92 Å². The molecule has 1 aliphatic carbocycles. The molecule has 2 aromatic carbocycles. The lowest BCUT2D eigenvalue weighted by atomic mass is 9.66. The van der Waals surface area contributed by atoms with Gasteiger partial charge in [0.1, 0.15) is 5.75 Å². The average molecular weight is 423 g/mol. The summed E-state index contributed by atoms with van der Waals surface area (Å²) in [6.07, 6.45) is 4.22. The highest BCUT2D eigenvalue weighted by molar-refractivity contribution is 5.96. The number of piperidine rings is 1. The highest BCUT2D eigenvalue weighted by atomic mass is 16.5. The van der Waals surface area contributed by atoms with E-state index in [1.165, 1.54) is 0 Å². The summed E-state index contributed by atoms with van der Waals surface area (Å²) in [4.78, 5) is 27.5. The molecule has 2 aliphatic rings. The van der Waals surface area contributed by atoms with Crippen LogP contribution in [0.15, 0.2) is 54.6 Å². The number of rotatable bonds is 5. The number of nitrogens with one attached hydrogen (secondary N) is 1. The van der Waals surface area contributed by atoms with Gasteiger partial charge < -0.3 is 20.1 Å². The summed E-state index contributed by atoms with van der Waals surface area (Å²) >= 11 is 0. The van der Waals surface area contributed by atoms with Crippen molar-refractivity contribution in [3.05, 3.63) is 65.7 Å². The SMILES string of the molecule is COc1ccccc1C1C2CCCCC2(O)CCN1C(=O)CNC(=O)c1ccccc1. The lowest BCUT2D eigenvalue weighted by Gasteiger charge is -2.52. The van der Waals surface area contributed by atoms with Crippen molar-refractivity contribution in [1.29, 1.82) is 0 Å². The Labute approximate surface area is 183 Å². The van der Waals surface area contributed by atoms with Crippen molar-refractivity contribution >= 4 is 11.8 Å². The molecule has 1 aliphatic heterocycles. The highest BCUT2D eigenvalue weighted by Crippen LogP contribution is 2.50. The summed E-state index contributed by atoms with van der Waals surface area (Å²) in [7, 11) is 1.63. The first-order valence-electron chi connectivity index (χ1n) is 11.0. The van der Waals surface area contributed by atoms with Gasteiger partial charge in [-0.15, -0.1) is 0 Å². The Balaban J connectivity index is 1.59. The molecule has 3 atom stereocenters. The first kappa shape index (κ1) is 21.4. The molecule has 1 saturated carbocycles. The lowest BCUT2D eigenvalue weighted by Crippen LogP contribution is -2.57. The number of nitrogens with zero attached hydrogens (tertiary/aromatic N) is 1. The van der Waals surface area contributed by atoms with E-state index in [-0.39, 0.29) is 30.3 Å². The first-order valence-corrected chi connectivity index (χ1v) is 11.0. The predicted molar refractivity (Wildman–Crippen MR) is 118 cm³/mol. The molecule has 3 unspecified atom stereocenters. The number of methoxy groups -OCH3 is 1. The minimum atomic E-state index is -0.770. The zero-order chi connectivity index (χ0) is 21.8. The molecular formula is C25H30N2O4. The Kier molecular flexibility index (Phi) is 6.28. The van der Waals surface area contributed by atoms with Crippen LogP contribution in [0.2, 0.25) is 0 Å². The minimum Gasteiger partial charge on any atom is -0.496 e. The van der Waals surface area contributed by atoms with Crippen LogP contribution in [0.5, 0.6) is 5.75 Å². The van der Waals surface area contributed by atoms with Gasteiger partial charge in [-0.2, -0.15) is 0 Å². The molecule has 1 saturated heterocycles. The number of para-hydroxylation sites is 1. The fourth-order valence-corrected chi connectivity index (χ4v) is 5.21. The van der Waals surface area contributed by atoms with E-state index in [9.17, 15) is 14.7 Å². The predicted octanol–water partition coefficient (Wildman–Crippen LogP) is 3.32. The van der Waals surface area contributed by atoms with Crippen LogP contribution in [0.1, 0.15) is 54.1 Å². The standard InChI is InChI=1S/C25H30N2O4/c1-31-21-13-6-5-11-19(21)23-20-12-7-8-14-25(20,30)15-16-27(23)22(28)17-26-24(29)18-9-3-2-4-10-18/h2-6,9-11,13,20,23,30H,7-8,12,14-17H2,1H3,(H,26,29). The lowest BCUT2D eigenvalue weighted by molar-refractivity contribution is -0.154. The summed E-state index contributed by atoms with van der Waals surface area (Å²) < 4.78 is 5.61. The maximum atomic E-state index is 13.3. The maximum absolute atomic E-state index is 13.3. The van der Waals surface area contributed by atoms with Gasteiger partial charge in [0.2, 0.25) is 5.91 Å². The van der Waals surface area contributed by atoms with Crippen molar-refractivity contribution in [1.82, 2.24) is 10.2 Å². The third-order valence-corrected chi connectivity index (χ3v) is 6.78. The number of hydrogen-bond acceptors (Lipinski definition) is 4. The molecule has 6 nitrogen and oxygen atoms in total. The van der Waals surface area contributed by atoms with Gasteiger partial charge in [0.15, 0.2) is 0 Å². The number of likely N-dealkylation sites (tertiary alicyclic amines) is 1. The number of amides is 2. The molecule has 4 rings (SSSR count). The molecule has 0 radical (unpaired) electrons. The molecule has 2 amide bonds. The van der Waals surface area contributed by atoms with Gasteiger partial charge in [-0.1, -0.05) is 49.2 Å².